The molecule has 6 nitrogen and oxygen atoms in total. The van der Waals surface area contributed by atoms with Crippen LogP contribution >= 0.6 is 0 Å². The molecule has 0 aromatic carbocycles. The predicted molar refractivity (Wildman–Crippen MR) is 73.0 cm³/mol. The summed E-state index contributed by atoms with van der Waals surface area (Å²) in [6, 6.07) is 10.7. The molecule has 106 valence electrons. The second-order valence-electron chi connectivity index (χ2n) is 4.44. The van der Waals surface area contributed by atoms with E-state index in [2.05, 4.69) is 10.1 Å². The van der Waals surface area contributed by atoms with Crippen molar-refractivity contribution in [1.82, 2.24) is 15.0 Å². The number of hydrogen-bond acceptors (Lipinski definition) is 5. The number of aromatic nitrogens is 2. The van der Waals surface area contributed by atoms with Gasteiger partial charge < -0.3 is 13.8 Å². The van der Waals surface area contributed by atoms with Crippen LogP contribution in [0.4, 0.5) is 0 Å². The number of furan rings is 1. The lowest BCUT2D eigenvalue weighted by Crippen LogP contribution is -2.30. The van der Waals surface area contributed by atoms with E-state index < -0.39 is 0 Å². The predicted octanol–water partition coefficient (Wildman–Crippen LogP) is 2.51. The zero-order chi connectivity index (χ0) is 14.5. The molecule has 0 atom stereocenters. The SMILES string of the molecule is O=C(c1ccno1)N(Cc1ccccn1)Cc1ccco1. The average Bonchev–Trinajstić information content (AvgIpc) is 3.20. The quantitative estimate of drug-likeness (QED) is 0.719. The average molecular weight is 283 g/mol. The van der Waals surface area contributed by atoms with E-state index in [0.717, 1.165) is 5.69 Å². The molecular formula is C15H13N3O3. The number of hydrogen-bond donors (Lipinski definition) is 0. The van der Waals surface area contributed by atoms with E-state index in [1.165, 1.54) is 12.3 Å². The maximum Gasteiger partial charge on any atom is 0.293 e. The van der Waals surface area contributed by atoms with Crippen LogP contribution in [0.1, 0.15) is 22.0 Å². The van der Waals surface area contributed by atoms with E-state index in [4.69, 9.17) is 8.94 Å². The van der Waals surface area contributed by atoms with Crippen molar-refractivity contribution in [3.8, 4) is 0 Å². The van der Waals surface area contributed by atoms with Gasteiger partial charge in [0.05, 0.1) is 31.2 Å². The Morgan fingerprint density at radius 3 is 2.71 bits per heavy atom. The number of rotatable bonds is 5. The minimum absolute atomic E-state index is 0.192. The Hall–Kier alpha value is -2.89. The molecule has 3 heterocycles. The molecule has 0 saturated carbocycles. The highest BCUT2D eigenvalue weighted by Gasteiger charge is 2.21. The van der Waals surface area contributed by atoms with Crippen LogP contribution in [0.25, 0.3) is 0 Å². The van der Waals surface area contributed by atoms with Crippen LogP contribution in [0.15, 0.2) is 64.0 Å². The first kappa shape index (κ1) is 13.1. The Balaban J connectivity index is 1.82. The molecule has 6 heteroatoms. The lowest BCUT2D eigenvalue weighted by Gasteiger charge is -2.19. The van der Waals surface area contributed by atoms with Gasteiger partial charge in [0, 0.05) is 12.3 Å². The highest BCUT2D eigenvalue weighted by Crippen LogP contribution is 2.13. The minimum atomic E-state index is -0.255. The van der Waals surface area contributed by atoms with E-state index in [0.29, 0.717) is 18.8 Å². The van der Waals surface area contributed by atoms with Crippen LogP contribution in [0, 0.1) is 0 Å². The van der Waals surface area contributed by atoms with Gasteiger partial charge in [-0.1, -0.05) is 11.2 Å². The largest absolute Gasteiger partial charge is 0.467 e. The maximum atomic E-state index is 12.5. The fourth-order valence-electron chi connectivity index (χ4n) is 1.96. The molecular weight excluding hydrogens is 270 g/mol. The summed E-state index contributed by atoms with van der Waals surface area (Å²) in [5.41, 5.74) is 0.789. The second-order valence-corrected chi connectivity index (χ2v) is 4.44. The summed E-state index contributed by atoms with van der Waals surface area (Å²) >= 11 is 0. The minimum Gasteiger partial charge on any atom is -0.467 e. The van der Waals surface area contributed by atoms with Crippen molar-refractivity contribution in [3.05, 3.63) is 72.3 Å². The molecule has 3 aromatic rings. The van der Waals surface area contributed by atoms with Crippen LogP contribution in [0.2, 0.25) is 0 Å². The first-order chi connectivity index (χ1) is 10.3. The van der Waals surface area contributed by atoms with Crippen LogP contribution in [0.5, 0.6) is 0 Å². The van der Waals surface area contributed by atoms with Gasteiger partial charge in [0.1, 0.15) is 5.76 Å². The smallest absolute Gasteiger partial charge is 0.293 e. The van der Waals surface area contributed by atoms with Crippen molar-refractivity contribution in [3.63, 3.8) is 0 Å². The Kier molecular flexibility index (Phi) is 3.77. The van der Waals surface area contributed by atoms with Gasteiger partial charge in [0.15, 0.2) is 0 Å². The highest BCUT2D eigenvalue weighted by molar-refractivity contribution is 5.91. The van der Waals surface area contributed by atoms with Crippen molar-refractivity contribution in [2.45, 2.75) is 13.1 Å². The van der Waals surface area contributed by atoms with E-state index in [1.54, 1.807) is 23.4 Å². The van der Waals surface area contributed by atoms with Gasteiger partial charge in [-0.05, 0) is 24.3 Å². The van der Waals surface area contributed by atoms with Gasteiger partial charge >= 0.3 is 0 Å². The molecule has 0 N–H and O–H groups in total. The lowest BCUT2D eigenvalue weighted by atomic mass is 10.3. The van der Waals surface area contributed by atoms with Gasteiger partial charge in [0.25, 0.3) is 5.91 Å². The molecule has 0 spiro atoms. The molecule has 0 aliphatic carbocycles. The zero-order valence-corrected chi connectivity index (χ0v) is 11.2. The second kappa shape index (κ2) is 6.04. The molecule has 0 aliphatic rings. The normalized spacial score (nSPS) is 10.5. The number of carbonyl (C=O) groups is 1. The molecule has 21 heavy (non-hydrogen) atoms. The first-order valence-corrected chi connectivity index (χ1v) is 6.45. The Bertz CT molecular complexity index is 678. The summed E-state index contributed by atoms with van der Waals surface area (Å²) in [7, 11) is 0. The topological polar surface area (TPSA) is 72.4 Å². The number of nitrogens with zero attached hydrogens (tertiary/aromatic N) is 3. The van der Waals surface area contributed by atoms with Crippen LogP contribution in [-0.2, 0) is 13.1 Å². The van der Waals surface area contributed by atoms with E-state index in [1.807, 2.05) is 24.3 Å². The summed E-state index contributed by atoms with van der Waals surface area (Å²) in [4.78, 5) is 18.3. The van der Waals surface area contributed by atoms with Crippen LogP contribution < -0.4 is 0 Å². The Labute approximate surface area is 121 Å². The molecule has 0 bridgehead atoms. The fraction of sp³-hybridized carbons (Fsp3) is 0.133. The molecule has 1 amide bonds. The Morgan fingerprint density at radius 1 is 1.10 bits per heavy atom. The van der Waals surface area contributed by atoms with Gasteiger partial charge in [0.2, 0.25) is 5.76 Å². The lowest BCUT2D eigenvalue weighted by molar-refractivity contribution is 0.0673. The third-order valence-corrected chi connectivity index (χ3v) is 2.94. The number of amides is 1. The summed E-state index contributed by atoms with van der Waals surface area (Å²) in [6.07, 6.45) is 4.71. The molecule has 0 aliphatic heterocycles. The van der Waals surface area contributed by atoms with Crippen molar-refractivity contribution in [2.75, 3.05) is 0 Å². The monoisotopic (exact) mass is 283 g/mol. The fourth-order valence-corrected chi connectivity index (χ4v) is 1.96. The van der Waals surface area contributed by atoms with Crippen molar-refractivity contribution < 1.29 is 13.7 Å². The molecule has 0 saturated heterocycles. The van der Waals surface area contributed by atoms with Gasteiger partial charge in [-0.3, -0.25) is 9.78 Å². The summed E-state index contributed by atoms with van der Waals surface area (Å²) in [5, 5.41) is 3.57. The maximum absolute atomic E-state index is 12.5. The number of carbonyl (C=O) groups excluding carboxylic acids is 1. The molecule has 0 radical (unpaired) electrons. The van der Waals surface area contributed by atoms with Crippen molar-refractivity contribution in [1.29, 1.82) is 0 Å². The molecule has 0 unspecified atom stereocenters. The van der Waals surface area contributed by atoms with Crippen molar-refractivity contribution >= 4 is 5.91 Å². The third kappa shape index (κ3) is 3.17. The molecule has 3 rings (SSSR count). The van der Waals surface area contributed by atoms with E-state index >= 15 is 0 Å². The van der Waals surface area contributed by atoms with Crippen molar-refractivity contribution in [2.24, 2.45) is 0 Å². The number of pyridine rings is 1. The van der Waals surface area contributed by atoms with Crippen LogP contribution in [-0.4, -0.2) is 20.9 Å². The van der Waals surface area contributed by atoms with Gasteiger partial charge in [-0.2, -0.15) is 0 Å². The Morgan fingerprint density at radius 2 is 2.05 bits per heavy atom. The van der Waals surface area contributed by atoms with Gasteiger partial charge in [-0.15, -0.1) is 0 Å². The van der Waals surface area contributed by atoms with Gasteiger partial charge in [-0.25, -0.2) is 0 Å². The zero-order valence-electron chi connectivity index (χ0n) is 11.2. The summed E-state index contributed by atoms with van der Waals surface area (Å²) in [6.45, 7) is 0.699. The van der Waals surface area contributed by atoms with E-state index in [9.17, 15) is 4.79 Å². The summed E-state index contributed by atoms with van der Waals surface area (Å²) in [5.74, 6) is 0.630. The molecule has 0 fully saturated rings. The van der Waals surface area contributed by atoms with E-state index in [-0.39, 0.29) is 11.7 Å². The summed E-state index contributed by atoms with van der Waals surface area (Å²) < 4.78 is 10.2. The third-order valence-electron chi connectivity index (χ3n) is 2.94. The standard InChI is InChI=1S/C15H13N3O3/c19-15(14-6-8-17-21-14)18(11-13-5-3-9-20-13)10-12-4-1-2-7-16-12/h1-9H,10-11H2. The first-order valence-electron chi connectivity index (χ1n) is 6.45. The molecule has 3 aromatic heterocycles. The highest BCUT2D eigenvalue weighted by atomic mass is 16.5. The van der Waals surface area contributed by atoms with Crippen LogP contribution in [0.3, 0.4) is 0 Å².